The van der Waals surface area contributed by atoms with Gasteiger partial charge in [-0.3, -0.25) is 4.79 Å². The lowest BCUT2D eigenvalue weighted by Crippen LogP contribution is -2.69. The average molecular weight is 510 g/mol. The van der Waals surface area contributed by atoms with Gasteiger partial charge in [0.15, 0.2) is 5.76 Å². The molecule has 186 valence electrons. The number of carbonyl (C=O) groups excluding carboxylic acids is 3. The van der Waals surface area contributed by atoms with Crippen LogP contribution in [0, 0.1) is 6.92 Å². The van der Waals surface area contributed by atoms with Crippen molar-refractivity contribution in [3.63, 3.8) is 0 Å². The van der Waals surface area contributed by atoms with Crippen LogP contribution >= 0.6 is 11.3 Å². The lowest BCUT2D eigenvalue weighted by atomic mass is 10.1. The van der Waals surface area contributed by atoms with Gasteiger partial charge in [0.2, 0.25) is 0 Å². The van der Waals surface area contributed by atoms with Crippen molar-refractivity contribution in [3.8, 4) is 10.4 Å². The minimum Gasteiger partial charge on any atom is -0.466 e. The summed E-state index contributed by atoms with van der Waals surface area (Å²) >= 11 is 0.794. The minimum absolute atomic E-state index is 0.0368. The molecule has 1 amide bonds. The monoisotopic (exact) mass is 510 g/mol. The summed E-state index contributed by atoms with van der Waals surface area (Å²) in [5.41, 5.74) is -3.00. The fourth-order valence-corrected chi connectivity index (χ4v) is 4.53. The quantitative estimate of drug-likeness (QED) is 0.332. The zero-order chi connectivity index (χ0) is 25.8. The highest BCUT2D eigenvalue weighted by Crippen LogP contribution is 2.43. The fourth-order valence-electron chi connectivity index (χ4n) is 3.27. The van der Waals surface area contributed by atoms with Gasteiger partial charge in [-0.15, -0.1) is 11.3 Å². The van der Waals surface area contributed by atoms with Crippen LogP contribution in [0.2, 0.25) is 0 Å². The maximum absolute atomic E-state index is 14.5. The number of ether oxygens (including phenoxy) is 2. The number of halogens is 3. The van der Waals surface area contributed by atoms with Crippen molar-refractivity contribution >= 4 is 34.2 Å². The topological polar surface area (TPSA) is 107 Å². The molecule has 0 bridgehead atoms. The standard InChI is InChI=1S/C23H21F3N2O6S/c1-4-33-20(30)16-13(2)17(14-9-6-5-7-10-14)35-19(16)28-22(21(31)32-3,23(24,25)26)27-18(29)15-11-8-12-34-15/h5-12,28H,4H2,1-3H3,(H,27,29)/t22-/m0/s1. The van der Waals surface area contributed by atoms with Crippen LogP contribution in [0.4, 0.5) is 18.2 Å². The number of methoxy groups -OCH3 is 1. The molecule has 0 saturated heterocycles. The van der Waals surface area contributed by atoms with Gasteiger partial charge in [0.25, 0.3) is 5.91 Å². The lowest BCUT2D eigenvalue weighted by molar-refractivity contribution is -0.203. The molecule has 3 rings (SSSR count). The number of nitrogens with one attached hydrogen (secondary N) is 2. The molecule has 0 spiro atoms. The largest absolute Gasteiger partial charge is 0.466 e. The predicted molar refractivity (Wildman–Crippen MR) is 121 cm³/mol. The zero-order valence-corrected chi connectivity index (χ0v) is 19.6. The zero-order valence-electron chi connectivity index (χ0n) is 18.8. The Morgan fingerprint density at radius 2 is 1.77 bits per heavy atom. The average Bonchev–Trinajstić information content (AvgIpc) is 3.46. The highest BCUT2D eigenvalue weighted by molar-refractivity contribution is 7.20. The van der Waals surface area contributed by atoms with Crippen LogP contribution in [0.3, 0.4) is 0 Å². The maximum atomic E-state index is 14.5. The number of alkyl halides is 3. The van der Waals surface area contributed by atoms with E-state index < -0.39 is 35.4 Å². The van der Waals surface area contributed by atoms with E-state index in [2.05, 4.69) is 10.1 Å². The Balaban J connectivity index is 2.20. The van der Waals surface area contributed by atoms with Crippen molar-refractivity contribution in [2.75, 3.05) is 19.0 Å². The number of rotatable bonds is 8. The van der Waals surface area contributed by atoms with Gasteiger partial charge < -0.3 is 24.5 Å². The first kappa shape index (κ1) is 25.8. The second kappa shape index (κ2) is 10.2. The summed E-state index contributed by atoms with van der Waals surface area (Å²) in [4.78, 5) is 38.4. The van der Waals surface area contributed by atoms with Gasteiger partial charge in [0.1, 0.15) is 5.00 Å². The number of hydrogen-bond donors (Lipinski definition) is 2. The van der Waals surface area contributed by atoms with Crippen LogP contribution in [0.5, 0.6) is 0 Å². The third-order valence-electron chi connectivity index (χ3n) is 4.93. The number of esters is 2. The summed E-state index contributed by atoms with van der Waals surface area (Å²) in [6.07, 6.45) is -4.32. The fraction of sp³-hybridized carbons (Fsp3) is 0.261. The molecular weight excluding hydrogens is 489 g/mol. The van der Waals surface area contributed by atoms with Crippen LogP contribution in [-0.4, -0.2) is 43.4 Å². The summed E-state index contributed by atoms with van der Waals surface area (Å²) in [5, 5.41) is 3.36. The van der Waals surface area contributed by atoms with Crippen molar-refractivity contribution in [1.82, 2.24) is 5.32 Å². The van der Waals surface area contributed by atoms with Crippen LogP contribution in [-0.2, 0) is 14.3 Å². The van der Waals surface area contributed by atoms with E-state index in [4.69, 9.17) is 9.15 Å². The number of hydrogen-bond acceptors (Lipinski definition) is 8. The molecule has 2 heterocycles. The van der Waals surface area contributed by atoms with Crippen molar-refractivity contribution < 1.29 is 41.4 Å². The van der Waals surface area contributed by atoms with E-state index in [9.17, 15) is 27.6 Å². The second-order valence-corrected chi connectivity index (χ2v) is 8.16. The number of thiophene rings is 1. The van der Waals surface area contributed by atoms with Gasteiger partial charge >= 0.3 is 23.8 Å². The van der Waals surface area contributed by atoms with E-state index in [0.29, 0.717) is 16.0 Å². The Morgan fingerprint density at radius 1 is 1.09 bits per heavy atom. The summed E-state index contributed by atoms with van der Waals surface area (Å²) < 4.78 is 57.8. The second-order valence-electron chi connectivity index (χ2n) is 7.14. The molecule has 0 unspecified atom stereocenters. The smallest absolute Gasteiger partial charge is 0.441 e. The first-order valence-corrected chi connectivity index (χ1v) is 11.0. The molecule has 0 saturated carbocycles. The van der Waals surface area contributed by atoms with Gasteiger partial charge in [0, 0.05) is 4.88 Å². The first-order valence-electron chi connectivity index (χ1n) is 10.2. The lowest BCUT2D eigenvalue weighted by Gasteiger charge is -2.34. The Morgan fingerprint density at radius 3 is 2.31 bits per heavy atom. The van der Waals surface area contributed by atoms with E-state index in [-0.39, 0.29) is 17.2 Å². The van der Waals surface area contributed by atoms with Gasteiger partial charge in [-0.1, -0.05) is 30.3 Å². The van der Waals surface area contributed by atoms with Crippen molar-refractivity contribution in [2.45, 2.75) is 25.7 Å². The summed E-state index contributed by atoms with van der Waals surface area (Å²) in [7, 11) is 0.741. The molecule has 2 N–H and O–H groups in total. The van der Waals surface area contributed by atoms with E-state index in [1.807, 2.05) is 0 Å². The number of benzene rings is 1. The predicted octanol–water partition coefficient (Wildman–Crippen LogP) is 4.77. The molecule has 0 aliphatic carbocycles. The minimum atomic E-state index is -5.40. The molecule has 0 radical (unpaired) electrons. The summed E-state index contributed by atoms with van der Waals surface area (Å²) in [5.74, 6) is -4.56. The molecule has 1 aromatic carbocycles. The molecule has 0 aliphatic heterocycles. The van der Waals surface area contributed by atoms with Crippen LogP contribution in [0.15, 0.2) is 53.1 Å². The molecule has 12 heteroatoms. The van der Waals surface area contributed by atoms with Crippen molar-refractivity contribution in [2.24, 2.45) is 0 Å². The van der Waals surface area contributed by atoms with E-state index in [1.54, 1.807) is 49.5 Å². The summed E-state index contributed by atoms with van der Waals surface area (Å²) in [6.45, 7) is 3.05. The van der Waals surface area contributed by atoms with Crippen LogP contribution in [0.25, 0.3) is 10.4 Å². The molecular formula is C23H21F3N2O6S. The Bertz CT molecular complexity index is 1210. The van der Waals surface area contributed by atoms with Crippen LogP contribution < -0.4 is 10.6 Å². The molecule has 2 aromatic heterocycles. The normalized spacial score (nSPS) is 13.0. The van der Waals surface area contributed by atoms with E-state index in [1.165, 1.54) is 6.07 Å². The van der Waals surface area contributed by atoms with Crippen LogP contribution in [0.1, 0.15) is 33.4 Å². The molecule has 0 fully saturated rings. The molecule has 8 nitrogen and oxygen atoms in total. The van der Waals surface area contributed by atoms with Gasteiger partial charge in [-0.05, 0) is 37.1 Å². The Kier molecular flexibility index (Phi) is 7.54. The van der Waals surface area contributed by atoms with Gasteiger partial charge in [-0.2, -0.15) is 13.2 Å². The highest BCUT2D eigenvalue weighted by atomic mass is 32.1. The third kappa shape index (κ3) is 5.02. The molecule has 1 atom stereocenters. The Hall–Kier alpha value is -3.80. The molecule has 0 aliphatic rings. The maximum Gasteiger partial charge on any atom is 0.441 e. The number of anilines is 1. The first-order chi connectivity index (χ1) is 16.6. The Labute approximate surface area is 202 Å². The van der Waals surface area contributed by atoms with Crippen molar-refractivity contribution in [1.29, 1.82) is 0 Å². The van der Waals surface area contributed by atoms with Gasteiger partial charge in [0.05, 0.1) is 25.5 Å². The number of furan rings is 1. The van der Waals surface area contributed by atoms with E-state index in [0.717, 1.165) is 30.8 Å². The van der Waals surface area contributed by atoms with Crippen molar-refractivity contribution in [3.05, 3.63) is 65.6 Å². The van der Waals surface area contributed by atoms with E-state index >= 15 is 0 Å². The SMILES string of the molecule is CCOC(=O)c1c(N[C@@](NC(=O)c2ccco2)(C(=O)OC)C(F)(F)F)sc(-c2ccccc2)c1C. The van der Waals surface area contributed by atoms with Gasteiger partial charge in [-0.25, -0.2) is 9.59 Å². The molecule has 3 aromatic rings. The third-order valence-corrected chi connectivity index (χ3v) is 6.18. The summed E-state index contributed by atoms with van der Waals surface area (Å²) in [6, 6.07) is 11.1. The molecule has 35 heavy (non-hydrogen) atoms. The highest BCUT2D eigenvalue weighted by Gasteiger charge is 2.64. The number of carbonyl (C=O) groups is 3. The number of amides is 1.